The van der Waals surface area contributed by atoms with Crippen LogP contribution in [-0.2, 0) is 14.2 Å². The Kier molecular flexibility index (Phi) is 10.7. The summed E-state index contributed by atoms with van der Waals surface area (Å²) in [7, 11) is 5.00. The Bertz CT molecular complexity index is 811. The number of hydrogen-bond acceptors (Lipinski definition) is 6. The van der Waals surface area contributed by atoms with Gasteiger partial charge in [0, 0.05) is 27.2 Å². The first-order chi connectivity index (χ1) is 16.7. The molecule has 0 aliphatic heterocycles. The van der Waals surface area contributed by atoms with Crippen molar-refractivity contribution in [3.63, 3.8) is 0 Å². The molecule has 0 saturated heterocycles. The van der Waals surface area contributed by atoms with E-state index in [1.807, 2.05) is 36.4 Å². The van der Waals surface area contributed by atoms with Crippen LogP contribution in [0, 0.1) is 0 Å². The quantitative estimate of drug-likeness (QED) is 0.234. The fourth-order valence-electron chi connectivity index (χ4n) is 3.58. The highest BCUT2D eigenvalue weighted by molar-refractivity contribution is 5.46. The lowest BCUT2D eigenvalue weighted by Gasteiger charge is -2.20. The van der Waals surface area contributed by atoms with Crippen molar-refractivity contribution in [3.05, 3.63) is 89.5 Å². The molecule has 0 saturated carbocycles. The van der Waals surface area contributed by atoms with Gasteiger partial charge >= 0.3 is 0 Å². The van der Waals surface area contributed by atoms with Crippen LogP contribution in [0.5, 0.6) is 17.2 Å². The molecule has 0 radical (unpaired) electrons. The van der Waals surface area contributed by atoms with Gasteiger partial charge in [0.05, 0.1) is 19.8 Å². The Morgan fingerprint density at radius 3 is 0.912 bits per heavy atom. The second-order valence-electron chi connectivity index (χ2n) is 7.66. The summed E-state index contributed by atoms with van der Waals surface area (Å²) in [5.74, 6) is 2.52. The Hall–Kier alpha value is -3.06. The first-order valence-corrected chi connectivity index (χ1v) is 11.4. The van der Waals surface area contributed by atoms with E-state index in [0.717, 1.165) is 17.2 Å². The van der Waals surface area contributed by atoms with E-state index in [4.69, 9.17) is 28.4 Å². The van der Waals surface area contributed by atoms with Crippen LogP contribution in [0.3, 0.4) is 0 Å². The molecule has 3 rings (SSSR count). The summed E-state index contributed by atoms with van der Waals surface area (Å²) >= 11 is 0. The number of hydrogen-bond donors (Lipinski definition) is 0. The molecule has 0 atom stereocenters. The Morgan fingerprint density at radius 2 is 0.676 bits per heavy atom. The molecule has 3 aromatic rings. The summed E-state index contributed by atoms with van der Waals surface area (Å²) in [6.07, 6.45) is 0. The monoisotopic (exact) mass is 466 g/mol. The van der Waals surface area contributed by atoms with Crippen LogP contribution < -0.4 is 14.2 Å². The smallest absolute Gasteiger partial charge is 0.119 e. The third kappa shape index (κ3) is 7.76. The van der Waals surface area contributed by atoms with Crippen LogP contribution in [0.25, 0.3) is 0 Å². The summed E-state index contributed by atoms with van der Waals surface area (Å²) in [6, 6.07) is 24.7. The lowest BCUT2D eigenvalue weighted by molar-refractivity contribution is 0.146. The maximum absolute atomic E-state index is 5.74. The van der Waals surface area contributed by atoms with Gasteiger partial charge in [-0.3, -0.25) is 0 Å². The van der Waals surface area contributed by atoms with Crippen LogP contribution in [0.1, 0.15) is 22.6 Å². The molecule has 34 heavy (non-hydrogen) atoms. The Labute approximate surface area is 202 Å². The van der Waals surface area contributed by atoms with Gasteiger partial charge in [-0.05, 0) is 53.1 Å². The van der Waals surface area contributed by atoms with E-state index in [1.54, 1.807) is 21.3 Å². The zero-order chi connectivity index (χ0) is 24.0. The lowest BCUT2D eigenvalue weighted by Crippen LogP contribution is -2.07. The number of ether oxygens (including phenoxy) is 6. The van der Waals surface area contributed by atoms with E-state index in [1.165, 1.54) is 16.7 Å². The van der Waals surface area contributed by atoms with Crippen molar-refractivity contribution in [3.8, 4) is 17.2 Å². The molecule has 0 fully saturated rings. The third-order valence-corrected chi connectivity index (χ3v) is 5.31. The van der Waals surface area contributed by atoms with Crippen molar-refractivity contribution in [2.75, 3.05) is 61.0 Å². The van der Waals surface area contributed by atoms with Crippen molar-refractivity contribution >= 4 is 0 Å². The molecule has 0 aliphatic carbocycles. The number of methoxy groups -OCH3 is 3. The maximum atomic E-state index is 5.74. The molecule has 6 heteroatoms. The number of rotatable bonds is 15. The number of benzene rings is 3. The molecule has 0 unspecified atom stereocenters. The predicted molar refractivity (Wildman–Crippen MR) is 132 cm³/mol. The molecule has 0 aliphatic rings. The maximum Gasteiger partial charge on any atom is 0.119 e. The zero-order valence-electron chi connectivity index (χ0n) is 20.2. The van der Waals surface area contributed by atoms with Crippen molar-refractivity contribution in [1.29, 1.82) is 0 Å². The van der Waals surface area contributed by atoms with Gasteiger partial charge in [0.2, 0.25) is 0 Å². The highest BCUT2D eigenvalue weighted by atomic mass is 16.5. The molecule has 0 N–H and O–H groups in total. The molecule has 3 aromatic carbocycles. The Balaban J connectivity index is 1.83. The fourth-order valence-corrected chi connectivity index (χ4v) is 3.58. The van der Waals surface area contributed by atoms with Crippen molar-refractivity contribution in [2.24, 2.45) is 0 Å². The second-order valence-corrected chi connectivity index (χ2v) is 7.66. The van der Waals surface area contributed by atoms with Gasteiger partial charge in [-0.1, -0.05) is 36.4 Å². The van der Waals surface area contributed by atoms with E-state index in [2.05, 4.69) is 36.4 Å². The topological polar surface area (TPSA) is 55.4 Å². The summed E-state index contributed by atoms with van der Waals surface area (Å²) in [5, 5.41) is 0. The van der Waals surface area contributed by atoms with Gasteiger partial charge in [0.25, 0.3) is 0 Å². The second kappa shape index (κ2) is 14.3. The molecular weight excluding hydrogens is 432 g/mol. The van der Waals surface area contributed by atoms with Crippen molar-refractivity contribution < 1.29 is 28.4 Å². The van der Waals surface area contributed by atoms with Gasteiger partial charge in [0.15, 0.2) is 0 Å². The van der Waals surface area contributed by atoms with Gasteiger partial charge in [-0.25, -0.2) is 0 Å². The average molecular weight is 467 g/mol. The minimum atomic E-state index is 0.0501. The standard InChI is InChI=1S/C28H34O6/c1-29-16-19-32-25-10-4-22(5-11-25)28(23-6-12-26(13-7-23)33-20-17-30-2)24-8-14-27(15-9-24)34-21-18-31-3/h4-15,28H,16-21H2,1-3H3. The molecule has 0 bridgehead atoms. The summed E-state index contributed by atoms with van der Waals surface area (Å²) < 4.78 is 32.4. The minimum Gasteiger partial charge on any atom is -0.491 e. The van der Waals surface area contributed by atoms with E-state index in [0.29, 0.717) is 39.6 Å². The Morgan fingerprint density at radius 1 is 0.412 bits per heavy atom. The SMILES string of the molecule is COCCOc1ccc(C(c2ccc(OCCOC)cc2)c2ccc(OCCOC)cc2)cc1. The van der Waals surface area contributed by atoms with Gasteiger partial charge in [0.1, 0.15) is 37.1 Å². The molecular formula is C28H34O6. The molecule has 182 valence electrons. The fraction of sp³-hybridized carbons (Fsp3) is 0.357. The zero-order valence-corrected chi connectivity index (χ0v) is 20.2. The minimum absolute atomic E-state index is 0.0501. The first-order valence-electron chi connectivity index (χ1n) is 11.4. The average Bonchev–Trinajstić information content (AvgIpc) is 2.87. The van der Waals surface area contributed by atoms with Crippen LogP contribution in [0.15, 0.2) is 72.8 Å². The third-order valence-electron chi connectivity index (χ3n) is 5.31. The van der Waals surface area contributed by atoms with Crippen LogP contribution in [0.4, 0.5) is 0 Å². The van der Waals surface area contributed by atoms with Crippen molar-refractivity contribution in [1.82, 2.24) is 0 Å². The molecule has 6 nitrogen and oxygen atoms in total. The molecule has 0 spiro atoms. The van der Waals surface area contributed by atoms with Gasteiger partial charge < -0.3 is 28.4 Å². The van der Waals surface area contributed by atoms with Crippen LogP contribution >= 0.6 is 0 Å². The molecule has 0 aromatic heterocycles. The molecule has 0 heterocycles. The predicted octanol–water partition coefficient (Wildman–Crippen LogP) is 4.94. The van der Waals surface area contributed by atoms with E-state index >= 15 is 0 Å². The summed E-state index contributed by atoms with van der Waals surface area (Å²) in [6.45, 7) is 3.24. The van der Waals surface area contributed by atoms with Crippen molar-refractivity contribution in [2.45, 2.75) is 5.92 Å². The van der Waals surface area contributed by atoms with E-state index in [9.17, 15) is 0 Å². The van der Waals surface area contributed by atoms with E-state index in [-0.39, 0.29) is 5.92 Å². The van der Waals surface area contributed by atoms with Crippen LogP contribution in [-0.4, -0.2) is 61.0 Å². The molecule has 0 amide bonds. The van der Waals surface area contributed by atoms with E-state index < -0.39 is 0 Å². The van der Waals surface area contributed by atoms with Gasteiger partial charge in [-0.2, -0.15) is 0 Å². The summed E-state index contributed by atoms with van der Waals surface area (Å²) in [5.41, 5.74) is 3.50. The highest BCUT2D eigenvalue weighted by Gasteiger charge is 2.17. The first kappa shape index (κ1) is 25.6. The summed E-state index contributed by atoms with van der Waals surface area (Å²) in [4.78, 5) is 0. The lowest BCUT2D eigenvalue weighted by atomic mass is 9.85. The largest absolute Gasteiger partial charge is 0.491 e. The highest BCUT2D eigenvalue weighted by Crippen LogP contribution is 2.34. The normalized spacial score (nSPS) is 10.9. The van der Waals surface area contributed by atoms with Crippen LogP contribution in [0.2, 0.25) is 0 Å². The van der Waals surface area contributed by atoms with Gasteiger partial charge in [-0.15, -0.1) is 0 Å².